The fourth-order valence-electron chi connectivity index (χ4n) is 3.00. The molecule has 0 fully saturated rings. The number of para-hydroxylation sites is 2. The van der Waals surface area contributed by atoms with Gasteiger partial charge in [0.1, 0.15) is 0 Å². The van der Waals surface area contributed by atoms with Crippen LogP contribution < -0.4 is 17.2 Å². The van der Waals surface area contributed by atoms with Crippen LogP contribution in [-0.2, 0) is 11.3 Å². The molecule has 6 N–H and O–H groups in total. The summed E-state index contributed by atoms with van der Waals surface area (Å²) in [5.41, 5.74) is 24.6. The zero-order chi connectivity index (χ0) is 17.6. The van der Waals surface area contributed by atoms with Crippen LogP contribution >= 0.6 is 0 Å². The molecule has 3 aromatic carbocycles. The lowest BCUT2D eigenvalue weighted by atomic mass is 9.89. The lowest BCUT2D eigenvalue weighted by molar-refractivity contribution is 0.128. The summed E-state index contributed by atoms with van der Waals surface area (Å²) in [6, 6.07) is 21.9. The van der Waals surface area contributed by atoms with E-state index in [4.69, 9.17) is 21.9 Å². The Kier molecular flexibility index (Phi) is 5.33. The van der Waals surface area contributed by atoms with Crippen LogP contribution in [0, 0.1) is 0 Å². The van der Waals surface area contributed by atoms with Crippen LogP contribution in [0.1, 0.15) is 5.56 Å². The highest BCUT2D eigenvalue weighted by molar-refractivity contribution is 5.93. The molecule has 0 aliphatic carbocycles. The first-order valence-electron chi connectivity index (χ1n) is 8.32. The number of hydrogen-bond donors (Lipinski definition) is 3. The number of nitrogen functional groups attached to an aromatic ring is 2. The molecule has 0 saturated carbocycles. The van der Waals surface area contributed by atoms with Crippen molar-refractivity contribution < 1.29 is 4.74 Å². The van der Waals surface area contributed by atoms with E-state index >= 15 is 0 Å². The maximum absolute atomic E-state index is 6.27. The molecule has 0 aliphatic heterocycles. The van der Waals surface area contributed by atoms with Gasteiger partial charge in [-0.05, 0) is 28.8 Å². The number of rotatable bonds is 6. The van der Waals surface area contributed by atoms with Gasteiger partial charge >= 0.3 is 0 Å². The second kappa shape index (κ2) is 7.83. The van der Waals surface area contributed by atoms with E-state index in [0.29, 0.717) is 19.8 Å². The Labute approximate surface area is 148 Å². The van der Waals surface area contributed by atoms with E-state index in [1.54, 1.807) is 0 Å². The van der Waals surface area contributed by atoms with Gasteiger partial charge in [0.15, 0.2) is 0 Å². The Morgan fingerprint density at radius 2 is 1.28 bits per heavy atom. The molecule has 0 amide bonds. The Morgan fingerprint density at radius 1 is 0.680 bits per heavy atom. The highest BCUT2D eigenvalue weighted by Crippen LogP contribution is 2.39. The fourth-order valence-corrected chi connectivity index (χ4v) is 3.00. The lowest BCUT2D eigenvalue weighted by Crippen LogP contribution is -2.09. The first-order valence-corrected chi connectivity index (χ1v) is 8.32. The molecule has 4 nitrogen and oxygen atoms in total. The number of anilines is 2. The summed E-state index contributed by atoms with van der Waals surface area (Å²) >= 11 is 0. The van der Waals surface area contributed by atoms with Crippen LogP contribution in [0.5, 0.6) is 0 Å². The molecule has 0 bridgehead atoms. The summed E-state index contributed by atoms with van der Waals surface area (Å²) in [6.45, 7) is 1.48. The van der Waals surface area contributed by atoms with Gasteiger partial charge < -0.3 is 21.9 Å². The van der Waals surface area contributed by atoms with E-state index in [0.717, 1.165) is 39.2 Å². The highest BCUT2D eigenvalue weighted by Gasteiger charge is 2.15. The minimum atomic E-state index is 0.474. The van der Waals surface area contributed by atoms with Crippen molar-refractivity contribution in [3.63, 3.8) is 0 Å². The van der Waals surface area contributed by atoms with Crippen molar-refractivity contribution >= 4 is 11.4 Å². The molecule has 4 heteroatoms. The number of benzene rings is 3. The average Bonchev–Trinajstić information content (AvgIpc) is 2.63. The number of hydrogen-bond acceptors (Lipinski definition) is 4. The molecule has 0 heterocycles. The molecular weight excluding hydrogens is 310 g/mol. The van der Waals surface area contributed by atoms with Gasteiger partial charge in [0, 0.05) is 29.0 Å². The van der Waals surface area contributed by atoms with Crippen molar-refractivity contribution in [2.45, 2.75) is 6.61 Å². The second-order valence-electron chi connectivity index (χ2n) is 5.86. The Morgan fingerprint density at radius 3 is 1.92 bits per heavy atom. The van der Waals surface area contributed by atoms with E-state index in [-0.39, 0.29) is 0 Å². The normalized spacial score (nSPS) is 10.8. The highest BCUT2D eigenvalue weighted by atomic mass is 16.5. The zero-order valence-corrected chi connectivity index (χ0v) is 14.1. The van der Waals surface area contributed by atoms with Crippen molar-refractivity contribution in [1.82, 2.24) is 0 Å². The quantitative estimate of drug-likeness (QED) is 0.474. The summed E-state index contributed by atoms with van der Waals surface area (Å²) in [6.07, 6.45) is 0. The number of nitrogens with two attached hydrogens (primary N) is 3. The summed E-state index contributed by atoms with van der Waals surface area (Å²) in [4.78, 5) is 0. The van der Waals surface area contributed by atoms with Gasteiger partial charge in [-0.15, -0.1) is 0 Å². The molecule has 0 radical (unpaired) electrons. The molecule has 0 spiro atoms. The maximum atomic E-state index is 6.27. The zero-order valence-electron chi connectivity index (χ0n) is 14.1. The van der Waals surface area contributed by atoms with Crippen LogP contribution in [0.4, 0.5) is 11.4 Å². The third kappa shape index (κ3) is 3.65. The van der Waals surface area contributed by atoms with Crippen molar-refractivity contribution in [2.24, 2.45) is 5.73 Å². The van der Waals surface area contributed by atoms with Gasteiger partial charge in [-0.2, -0.15) is 0 Å². The van der Waals surface area contributed by atoms with Crippen molar-refractivity contribution in [3.8, 4) is 22.3 Å². The predicted molar refractivity (Wildman–Crippen MR) is 105 cm³/mol. The first-order chi connectivity index (χ1) is 12.2. The molecule has 3 aromatic rings. The molecule has 128 valence electrons. The van der Waals surface area contributed by atoms with Crippen molar-refractivity contribution in [1.29, 1.82) is 0 Å². The second-order valence-corrected chi connectivity index (χ2v) is 5.86. The van der Waals surface area contributed by atoms with Gasteiger partial charge in [-0.25, -0.2) is 0 Å². The minimum Gasteiger partial charge on any atom is -0.398 e. The third-order valence-electron chi connectivity index (χ3n) is 4.15. The first kappa shape index (κ1) is 17.0. The van der Waals surface area contributed by atoms with Crippen LogP contribution in [0.2, 0.25) is 0 Å². The molecule has 0 saturated heterocycles. The Balaban J connectivity index is 2.20. The smallest absolute Gasteiger partial charge is 0.0723 e. The van der Waals surface area contributed by atoms with E-state index in [1.165, 1.54) is 0 Å². The van der Waals surface area contributed by atoms with E-state index in [2.05, 4.69) is 12.1 Å². The predicted octanol–water partition coefficient (Wildman–Crippen LogP) is 3.66. The summed E-state index contributed by atoms with van der Waals surface area (Å²) in [7, 11) is 0. The third-order valence-corrected chi connectivity index (χ3v) is 4.15. The van der Waals surface area contributed by atoms with Gasteiger partial charge in [0.05, 0.1) is 13.2 Å². The maximum Gasteiger partial charge on any atom is 0.0723 e. The molecule has 25 heavy (non-hydrogen) atoms. The van der Waals surface area contributed by atoms with Crippen molar-refractivity contribution in [2.75, 3.05) is 24.6 Å². The molecular formula is C21H23N3O. The van der Waals surface area contributed by atoms with Crippen LogP contribution in [-0.4, -0.2) is 13.2 Å². The van der Waals surface area contributed by atoms with Crippen LogP contribution in [0.15, 0.2) is 66.7 Å². The minimum absolute atomic E-state index is 0.474. The lowest BCUT2D eigenvalue weighted by Gasteiger charge is -2.18. The van der Waals surface area contributed by atoms with Crippen molar-refractivity contribution in [3.05, 3.63) is 72.3 Å². The molecule has 0 aromatic heterocycles. The average molecular weight is 333 g/mol. The Bertz CT molecular complexity index is 861. The van der Waals surface area contributed by atoms with E-state index in [9.17, 15) is 0 Å². The summed E-state index contributed by atoms with van der Waals surface area (Å²) in [5, 5.41) is 0. The molecule has 3 rings (SSSR count). The summed E-state index contributed by atoms with van der Waals surface area (Å²) < 4.78 is 5.69. The monoisotopic (exact) mass is 333 g/mol. The van der Waals surface area contributed by atoms with Gasteiger partial charge in [0.2, 0.25) is 0 Å². The standard InChI is InChI=1S/C21H23N3O/c22-12-13-25-14-15-6-5-9-17(16-7-1-3-10-19(16)23)21(15)18-8-2-4-11-20(18)24/h1-11H,12-14,22-24H2. The van der Waals surface area contributed by atoms with Gasteiger partial charge in [0.25, 0.3) is 0 Å². The van der Waals surface area contributed by atoms with E-state index < -0.39 is 0 Å². The number of ether oxygens (including phenoxy) is 1. The Hall–Kier alpha value is -2.82. The molecule has 0 aliphatic rings. The fraction of sp³-hybridized carbons (Fsp3) is 0.143. The van der Waals surface area contributed by atoms with Gasteiger partial charge in [-0.1, -0.05) is 54.6 Å². The van der Waals surface area contributed by atoms with Crippen LogP contribution in [0.25, 0.3) is 22.3 Å². The topological polar surface area (TPSA) is 87.3 Å². The summed E-state index contributed by atoms with van der Waals surface area (Å²) in [5.74, 6) is 0. The molecule has 0 atom stereocenters. The van der Waals surface area contributed by atoms with Crippen LogP contribution in [0.3, 0.4) is 0 Å². The molecule has 0 unspecified atom stereocenters. The van der Waals surface area contributed by atoms with Gasteiger partial charge in [-0.3, -0.25) is 0 Å². The van der Waals surface area contributed by atoms with E-state index in [1.807, 2.05) is 54.6 Å². The largest absolute Gasteiger partial charge is 0.398 e. The SMILES string of the molecule is NCCOCc1cccc(-c2ccccc2N)c1-c1ccccc1N.